The van der Waals surface area contributed by atoms with Gasteiger partial charge in [-0.15, -0.1) is 24.0 Å². The molecule has 0 aliphatic heterocycles. The van der Waals surface area contributed by atoms with Crippen LogP contribution in [-0.2, 0) is 4.79 Å². The molecular formula is C5H11IN2OS. The first-order valence-corrected chi connectivity index (χ1v) is 3.85. The van der Waals surface area contributed by atoms with Crippen molar-refractivity contribution in [3.05, 3.63) is 0 Å². The van der Waals surface area contributed by atoms with Crippen LogP contribution in [-0.4, -0.2) is 17.3 Å². The fourth-order valence-corrected chi connectivity index (χ4v) is 0.482. The molecule has 0 aromatic heterocycles. The summed E-state index contributed by atoms with van der Waals surface area (Å²) >= 11 is 1.22. The lowest BCUT2D eigenvalue weighted by molar-refractivity contribution is -0.119. The molecule has 0 aliphatic rings. The van der Waals surface area contributed by atoms with Crippen LogP contribution >= 0.6 is 35.7 Å². The summed E-state index contributed by atoms with van der Waals surface area (Å²) in [6.07, 6.45) is 2.18. The van der Waals surface area contributed by atoms with E-state index in [1.807, 2.05) is 0 Å². The molecule has 3 nitrogen and oxygen atoms in total. The minimum atomic E-state index is -0.102. The zero-order valence-electron chi connectivity index (χ0n) is 5.93. The van der Waals surface area contributed by atoms with Crippen molar-refractivity contribution in [1.82, 2.24) is 5.32 Å². The summed E-state index contributed by atoms with van der Waals surface area (Å²) in [4.78, 5) is 10.5. The van der Waals surface area contributed by atoms with Gasteiger partial charge in [0, 0.05) is 6.42 Å². The summed E-state index contributed by atoms with van der Waals surface area (Å²) in [6.45, 7) is 1.75. The second-order valence-electron chi connectivity index (χ2n) is 1.43. The van der Waals surface area contributed by atoms with E-state index in [0.29, 0.717) is 6.42 Å². The molecule has 0 atom stereocenters. The highest BCUT2D eigenvalue weighted by atomic mass is 127. The maximum absolute atomic E-state index is 10.5. The van der Waals surface area contributed by atoms with Crippen molar-refractivity contribution < 1.29 is 4.79 Å². The molecule has 0 spiro atoms. The van der Waals surface area contributed by atoms with Crippen molar-refractivity contribution in [2.75, 3.05) is 6.26 Å². The Morgan fingerprint density at radius 2 is 2.20 bits per heavy atom. The summed E-state index contributed by atoms with van der Waals surface area (Å²) in [5, 5.41) is 9.60. The van der Waals surface area contributed by atoms with Gasteiger partial charge in [0.05, 0.1) is 0 Å². The first-order chi connectivity index (χ1) is 4.20. The van der Waals surface area contributed by atoms with Crippen LogP contribution in [0.25, 0.3) is 0 Å². The Morgan fingerprint density at radius 1 is 1.70 bits per heavy atom. The summed E-state index contributed by atoms with van der Waals surface area (Å²) in [5.74, 6) is -0.102. The summed E-state index contributed by atoms with van der Waals surface area (Å²) in [7, 11) is 0. The predicted octanol–water partition coefficient (Wildman–Crippen LogP) is 1.43. The molecule has 0 aromatic carbocycles. The molecule has 0 saturated carbocycles. The standard InChI is InChI=1S/C5H10N2OS.HI/c1-3-4(8)7-5(6)9-2;/h3H2,1-2H3,(H2,6,7,8);1H. The van der Waals surface area contributed by atoms with Crippen molar-refractivity contribution in [1.29, 1.82) is 5.41 Å². The number of rotatable bonds is 1. The molecule has 0 fully saturated rings. The third-order valence-corrected chi connectivity index (χ3v) is 1.29. The molecule has 0 heterocycles. The highest BCUT2D eigenvalue weighted by Gasteiger charge is 1.97. The van der Waals surface area contributed by atoms with E-state index in [1.165, 1.54) is 11.8 Å². The second kappa shape index (κ2) is 7.33. The molecule has 0 aliphatic carbocycles. The van der Waals surface area contributed by atoms with Gasteiger partial charge in [-0.05, 0) is 6.26 Å². The number of halogens is 1. The lowest BCUT2D eigenvalue weighted by Gasteiger charge is -1.99. The smallest absolute Gasteiger partial charge is 0.225 e. The first kappa shape index (κ1) is 12.9. The number of amides is 1. The van der Waals surface area contributed by atoms with Crippen molar-refractivity contribution in [2.24, 2.45) is 0 Å². The Balaban J connectivity index is 0. The molecule has 10 heavy (non-hydrogen) atoms. The van der Waals surface area contributed by atoms with Gasteiger partial charge in [0.2, 0.25) is 5.91 Å². The number of amidine groups is 1. The lowest BCUT2D eigenvalue weighted by atomic mass is 10.5. The molecule has 1 amide bonds. The number of carbonyl (C=O) groups is 1. The molecule has 5 heteroatoms. The first-order valence-electron chi connectivity index (χ1n) is 2.63. The quantitative estimate of drug-likeness (QED) is 0.432. The summed E-state index contributed by atoms with van der Waals surface area (Å²) in [5.41, 5.74) is 0. The van der Waals surface area contributed by atoms with E-state index in [9.17, 15) is 4.79 Å². The van der Waals surface area contributed by atoms with E-state index in [2.05, 4.69) is 5.32 Å². The van der Waals surface area contributed by atoms with E-state index >= 15 is 0 Å². The molecular weight excluding hydrogens is 263 g/mol. The zero-order valence-corrected chi connectivity index (χ0v) is 9.08. The van der Waals surface area contributed by atoms with Gasteiger partial charge in [-0.25, -0.2) is 0 Å². The van der Waals surface area contributed by atoms with Crippen molar-refractivity contribution in [2.45, 2.75) is 13.3 Å². The molecule has 0 unspecified atom stereocenters. The van der Waals surface area contributed by atoms with E-state index in [-0.39, 0.29) is 35.1 Å². The van der Waals surface area contributed by atoms with Gasteiger partial charge in [0.25, 0.3) is 0 Å². The van der Waals surface area contributed by atoms with Crippen LogP contribution in [0, 0.1) is 5.41 Å². The van der Waals surface area contributed by atoms with Crippen molar-refractivity contribution in [3.8, 4) is 0 Å². The van der Waals surface area contributed by atoms with Crippen LogP contribution in [0.2, 0.25) is 0 Å². The maximum atomic E-state index is 10.5. The Morgan fingerprint density at radius 3 is 2.50 bits per heavy atom. The minimum absolute atomic E-state index is 0. The second-order valence-corrected chi connectivity index (χ2v) is 2.25. The molecule has 0 rings (SSSR count). The number of thioether (sulfide) groups is 1. The van der Waals surface area contributed by atoms with Gasteiger partial charge in [-0.2, -0.15) is 0 Å². The Labute approximate surface area is 81.9 Å². The van der Waals surface area contributed by atoms with Crippen LogP contribution in [0.15, 0.2) is 0 Å². The van der Waals surface area contributed by atoms with Gasteiger partial charge >= 0.3 is 0 Å². The highest BCUT2D eigenvalue weighted by molar-refractivity contribution is 14.0. The van der Waals surface area contributed by atoms with E-state index < -0.39 is 0 Å². The molecule has 0 bridgehead atoms. The normalized spacial score (nSPS) is 7.80. The highest BCUT2D eigenvalue weighted by Crippen LogP contribution is 1.90. The maximum Gasteiger partial charge on any atom is 0.225 e. The summed E-state index contributed by atoms with van der Waals surface area (Å²) < 4.78 is 0. The third kappa shape index (κ3) is 6.34. The van der Waals surface area contributed by atoms with Gasteiger partial charge in [-0.3, -0.25) is 10.2 Å². The third-order valence-electron chi connectivity index (χ3n) is 0.778. The SMILES string of the molecule is CCC(=O)NC(=N)SC.I. The predicted molar refractivity (Wildman–Crippen MR) is 55.1 cm³/mol. The average Bonchev–Trinajstić information content (AvgIpc) is 1.87. The fourth-order valence-electron chi connectivity index (χ4n) is 0.266. The lowest BCUT2D eigenvalue weighted by Crippen LogP contribution is -2.26. The number of carbonyl (C=O) groups excluding carboxylic acids is 1. The Hall–Kier alpha value is 0.220. The van der Waals surface area contributed by atoms with Gasteiger partial charge in [-0.1, -0.05) is 18.7 Å². The van der Waals surface area contributed by atoms with Crippen molar-refractivity contribution >= 4 is 46.8 Å². The Kier molecular flexibility index (Phi) is 9.42. The van der Waals surface area contributed by atoms with E-state index in [1.54, 1.807) is 13.2 Å². The minimum Gasteiger partial charge on any atom is -0.306 e. The number of hydrogen-bond acceptors (Lipinski definition) is 3. The largest absolute Gasteiger partial charge is 0.306 e. The Bertz CT molecular complexity index is 115. The monoisotopic (exact) mass is 274 g/mol. The molecule has 0 radical (unpaired) electrons. The molecule has 2 N–H and O–H groups in total. The van der Waals surface area contributed by atoms with Gasteiger partial charge in [0.1, 0.15) is 0 Å². The van der Waals surface area contributed by atoms with Crippen molar-refractivity contribution in [3.63, 3.8) is 0 Å². The van der Waals surface area contributed by atoms with Gasteiger partial charge in [0.15, 0.2) is 5.17 Å². The van der Waals surface area contributed by atoms with E-state index in [4.69, 9.17) is 5.41 Å². The topological polar surface area (TPSA) is 53.0 Å². The van der Waals surface area contributed by atoms with Crippen LogP contribution in [0.4, 0.5) is 0 Å². The average molecular weight is 274 g/mol. The number of nitrogens with one attached hydrogen (secondary N) is 2. The molecule has 0 aromatic rings. The zero-order chi connectivity index (χ0) is 7.28. The molecule has 0 saturated heterocycles. The molecule has 60 valence electrons. The summed E-state index contributed by atoms with van der Waals surface area (Å²) in [6, 6.07) is 0. The van der Waals surface area contributed by atoms with Crippen LogP contribution < -0.4 is 5.32 Å². The van der Waals surface area contributed by atoms with Crippen LogP contribution in [0.1, 0.15) is 13.3 Å². The van der Waals surface area contributed by atoms with E-state index in [0.717, 1.165) is 0 Å². The van der Waals surface area contributed by atoms with Gasteiger partial charge < -0.3 is 5.32 Å². The van der Waals surface area contributed by atoms with Crippen LogP contribution in [0.3, 0.4) is 0 Å². The number of hydrogen-bond donors (Lipinski definition) is 2. The van der Waals surface area contributed by atoms with Crippen LogP contribution in [0.5, 0.6) is 0 Å². The fraction of sp³-hybridized carbons (Fsp3) is 0.600.